The number of ether oxygens (including phenoxy) is 3. The molecule has 0 aromatic heterocycles. The molecule has 6 nitrogen and oxygen atoms in total. The van der Waals surface area contributed by atoms with E-state index in [1.807, 2.05) is 30.3 Å². The molecule has 3 aromatic carbocycles. The molecule has 7 heteroatoms. The molecule has 3 rings (SSSR count). The van der Waals surface area contributed by atoms with Crippen LogP contribution in [0.4, 0.5) is 5.69 Å². The van der Waals surface area contributed by atoms with Crippen molar-refractivity contribution in [2.24, 2.45) is 0 Å². The van der Waals surface area contributed by atoms with Crippen LogP contribution >= 0.6 is 0 Å². The maximum Gasteiger partial charge on any atom is 0.264 e. The molecule has 0 aliphatic heterocycles. The van der Waals surface area contributed by atoms with Gasteiger partial charge >= 0.3 is 0 Å². The lowest BCUT2D eigenvalue weighted by atomic mass is 10.2. The smallest absolute Gasteiger partial charge is 0.264 e. The lowest BCUT2D eigenvalue weighted by Crippen LogP contribution is -2.30. The Morgan fingerprint density at radius 3 is 2.00 bits per heavy atom. The highest BCUT2D eigenvalue weighted by molar-refractivity contribution is 7.92. The molecule has 0 saturated heterocycles. The van der Waals surface area contributed by atoms with Crippen LogP contribution in [0.2, 0.25) is 0 Å². The fourth-order valence-electron chi connectivity index (χ4n) is 2.92. The topological polar surface area (TPSA) is 65.1 Å². The lowest BCUT2D eigenvalue weighted by molar-refractivity contribution is 0.354. The van der Waals surface area contributed by atoms with Crippen molar-refractivity contribution in [3.8, 4) is 17.2 Å². The maximum absolute atomic E-state index is 13.6. The molecule has 0 atom stereocenters. The zero-order valence-electron chi connectivity index (χ0n) is 16.5. The Hall–Kier alpha value is -3.19. The number of hydrogen-bond donors (Lipinski definition) is 0. The van der Waals surface area contributed by atoms with Crippen LogP contribution in [-0.4, -0.2) is 29.7 Å². The van der Waals surface area contributed by atoms with Crippen molar-refractivity contribution >= 4 is 15.7 Å². The quantitative estimate of drug-likeness (QED) is 0.556. The average Bonchev–Trinajstić information content (AvgIpc) is 2.77. The van der Waals surface area contributed by atoms with Gasteiger partial charge in [0.05, 0.1) is 38.5 Å². The predicted octanol–water partition coefficient (Wildman–Crippen LogP) is 4.11. The number of sulfonamides is 1. The highest BCUT2D eigenvalue weighted by Crippen LogP contribution is 2.33. The van der Waals surface area contributed by atoms with Gasteiger partial charge in [-0.2, -0.15) is 0 Å². The summed E-state index contributed by atoms with van der Waals surface area (Å²) in [6, 6.07) is 20.9. The van der Waals surface area contributed by atoms with Crippen LogP contribution in [0.5, 0.6) is 17.2 Å². The van der Waals surface area contributed by atoms with Crippen LogP contribution < -0.4 is 18.5 Å². The third-order valence-electron chi connectivity index (χ3n) is 4.47. The summed E-state index contributed by atoms with van der Waals surface area (Å²) in [5, 5.41) is 0. The van der Waals surface area contributed by atoms with E-state index in [1.54, 1.807) is 37.4 Å². The maximum atomic E-state index is 13.6. The summed E-state index contributed by atoms with van der Waals surface area (Å²) >= 11 is 0. The first kappa shape index (κ1) is 20.5. The fraction of sp³-hybridized carbons (Fsp3) is 0.182. The summed E-state index contributed by atoms with van der Waals surface area (Å²) in [4.78, 5) is 0.113. The SMILES string of the molecule is COc1ccc(N(Cc2ccccc2)S(=O)(=O)c2ccc(OC)c(OC)c2)cc1. The molecule has 0 heterocycles. The van der Waals surface area contributed by atoms with E-state index in [-0.39, 0.29) is 11.4 Å². The molecule has 3 aromatic rings. The zero-order valence-corrected chi connectivity index (χ0v) is 17.3. The van der Waals surface area contributed by atoms with Gasteiger partial charge in [-0.1, -0.05) is 30.3 Å². The van der Waals surface area contributed by atoms with Gasteiger partial charge in [0.25, 0.3) is 10.0 Å². The van der Waals surface area contributed by atoms with Gasteiger partial charge in [0.15, 0.2) is 11.5 Å². The van der Waals surface area contributed by atoms with E-state index < -0.39 is 10.0 Å². The van der Waals surface area contributed by atoms with Gasteiger partial charge < -0.3 is 14.2 Å². The fourth-order valence-corrected chi connectivity index (χ4v) is 4.39. The predicted molar refractivity (Wildman–Crippen MR) is 112 cm³/mol. The van der Waals surface area contributed by atoms with Crippen molar-refractivity contribution in [1.82, 2.24) is 0 Å². The minimum atomic E-state index is -3.87. The first-order valence-electron chi connectivity index (χ1n) is 8.92. The Balaban J connectivity index is 2.08. The van der Waals surface area contributed by atoms with Gasteiger partial charge in [-0.15, -0.1) is 0 Å². The van der Waals surface area contributed by atoms with E-state index in [2.05, 4.69) is 0 Å². The van der Waals surface area contributed by atoms with Crippen LogP contribution in [0, 0.1) is 0 Å². The largest absolute Gasteiger partial charge is 0.497 e. The molecule has 0 aliphatic carbocycles. The first-order chi connectivity index (χ1) is 14.0. The van der Waals surface area contributed by atoms with Gasteiger partial charge in [-0.25, -0.2) is 8.42 Å². The number of nitrogens with zero attached hydrogens (tertiary/aromatic N) is 1. The first-order valence-corrected chi connectivity index (χ1v) is 10.4. The van der Waals surface area contributed by atoms with Gasteiger partial charge in [0.2, 0.25) is 0 Å². The molecule has 0 unspecified atom stereocenters. The summed E-state index contributed by atoms with van der Waals surface area (Å²) < 4.78 is 44.2. The summed E-state index contributed by atoms with van der Waals surface area (Å²) in [5.74, 6) is 1.46. The lowest BCUT2D eigenvalue weighted by Gasteiger charge is -2.25. The molecular weight excluding hydrogens is 390 g/mol. The van der Waals surface area contributed by atoms with E-state index in [4.69, 9.17) is 14.2 Å². The normalized spacial score (nSPS) is 11.0. The minimum Gasteiger partial charge on any atom is -0.497 e. The van der Waals surface area contributed by atoms with Crippen molar-refractivity contribution in [1.29, 1.82) is 0 Å². The summed E-state index contributed by atoms with van der Waals surface area (Å²) in [6.07, 6.45) is 0. The standard InChI is InChI=1S/C22H23NO5S/c1-26-19-11-9-18(10-12-19)23(16-17-7-5-4-6-8-17)29(24,25)20-13-14-21(27-2)22(15-20)28-3/h4-15H,16H2,1-3H3. The number of hydrogen-bond acceptors (Lipinski definition) is 5. The molecule has 0 saturated carbocycles. The molecule has 29 heavy (non-hydrogen) atoms. The third kappa shape index (κ3) is 4.46. The monoisotopic (exact) mass is 413 g/mol. The van der Waals surface area contributed by atoms with E-state index in [0.717, 1.165) is 5.56 Å². The second kappa shape index (κ2) is 8.87. The zero-order chi connectivity index (χ0) is 20.9. The van der Waals surface area contributed by atoms with Crippen LogP contribution in [0.25, 0.3) is 0 Å². The molecule has 0 radical (unpaired) electrons. The highest BCUT2D eigenvalue weighted by atomic mass is 32.2. The third-order valence-corrected chi connectivity index (χ3v) is 6.24. The number of benzene rings is 3. The van der Waals surface area contributed by atoms with Gasteiger partial charge in [-0.3, -0.25) is 4.31 Å². The molecule has 0 amide bonds. The second-order valence-corrected chi connectivity index (χ2v) is 8.07. The van der Waals surface area contributed by atoms with Crippen molar-refractivity contribution in [3.63, 3.8) is 0 Å². The van der Waals surface area contributed by atoms with E-state index in [1.165, 1.54) is 30.7 Å². The molecule has 0 bridgehead atoms. The molecule has 0 N–H and O–H groups in total. The minimum absolute atomic E-state index is 0.113. The molecule has 0 spiro atoms. The average molecular weight is 413 g/mol. The molecular formula is C22H23NO5S. The van der Waals surface area contributed by atoms with Crippen LogP contribution in [0.15, 0.2) is 77.7 Å². The molecule has 0 fully saturated rings. The van der Waals surface area contributed by atoms with Gasteiger partial charge in [0.1, 0.15) is 5.75 Å². The van der Waals surface area contributed by atoms with Gasteiger partial charge in [-0.05, 0) is 42.0 Å². The van der Waals surface area contributed by atoms with Crippen LogP contribution in [-0.2, 0) is 16.6 Å². The number of anilines is 1. The number of methoxy groups -OCH3 is 3. The van der Waals surface area contributed by atoms with Crippen LogP contribution in [0.1, 0.15) is 5.56 Å². The van der Waals surface area contributed by atoms with Crippen molar-refractivity contribution in [2.75, 3.05) is 25.6 Å². The summed E-state index contributed by atoms with van der Waals surface area (Å²) in [7, 11) is 0.671. The van der Waals surface area contributed by atoms with E-state index >= 15 is 0 Å². The van der Waals surface area contributed by atoms with Gasteiger partial charge in [0, 0.05) is 6.07 Å². The summed E-state index contributed by atoms with van der Waals surface area (Å²) in [6.45, 7) is 0.184. The van der Waals surface area contributed by atoms with Crippen molar-refractivity contribution in [2.45, 2.75) is 11.4 Å². The summed E-state index contributed by atoms with van der Waals surface area (Å²) in [5.41, 5.74) is 1.40. The molecule has 152 valence electrons. The Bertz CT molecular complexity index is 1050. The Morgan fingerprint density at radius 2 is 1.41 bits per heavy atom. The number of rotatable bonds is 8. The van der Waals surface area contributed by atoms with Crippen LogP contribution in [0.3, 0.4) is 0 Å². The van der Waals surface area contributed by atoms with Crippen molar-refractivity contribution in [3.05, 3.63) is 78.4 Å². The van der Waals surface area contributed by atoms with Crippen molar-refractivity contribution < 1.29 is 22.6 Å². The van der Waals surface area contributed by atoms with E-state index in [0.29, 0.717) is 22.9 Å². The molecule has 0 aliphatic rings. The van der Waals surface area contributed by atoms with E-state index in [9.17, 15) is 8.42 Å². The Labute approximate surface area is 171 Å². The Kier molecular flexibility index (Phi) is 6.29. The highest BCUT2D eigenvalue weighted by Gasteiger charge is 2.26. The second-order valence-electron chi connectivity index (χ2n) is 6.21. The Morgan fingerprint density at radius 1 is 0.759 bits per heavy atom.